The number of carbonyl (C=O) groups excluding carboxylic acids is 1. The van der Waals surface area contributed by atoms with Crippen LogP contribution in [0.25, 0.3) is 0 Å². The van der Waals surface area contributed by atoms with Crippen LogP contribution in [0.2, 0.25) is 5.02 Å². The maximum absolute atomic E-state index is 12.9. The van der Waals surface area contributed by atoms with Crippen LogP contribution in [-0.2, 0) is 6.54 Å². The number of rotatable bonds is 5. The van der Waals surface area contributed by atoms with Crippen LogP contribution in [0.5, 0.6) is 28.7 Å². The van der Waals surface area contributed by atoms with E-state index >= 15 is 0 Å². The normalized spacial score (nSPS) is 10.5. The number of nitrogens with one attached hydrogen (secondary N) is 1. The van der Waals surface area contributed by atoms with Gasteiger partial charge in [-0.2, -0.15) is 0 Å². The molecule has 0 aliphatic rings. The van der Waals surface area contributed by atoms with Gasteiger partial charge in [0.15, 0.2) is 0 Å². The van der Waals surface area contributed by atoms with Gasteiger partial charge in [-0.05, 0) is 42.0 Å². The van der Waals surface area contributed by atoms with Crippen molar-refractivity contribution in [2.24, 2.45) is 0 Å². The molecule has 144 valence electrons. The molecule has 6 nitrogen and oxygen atoms in total. The first kappa shape index (κ1) is 19.3. The lowest BCUT2D eigenvalue weighted by Gasteiger charge is -2.11. The Kier molecular flexibility index (Phi) is 5.56. The average Bonchev–Trinajstić information content (AvgIpc) is 2.62. The van der Waals surface area contributed by atoms with Gasteiger partial charge in [0.05, 0.1) is 0 Å². The van der Waals surface area contributed by atoms with E-state index in [4.69, 9.17) is 16.3 Å². The Morgan fingerprint density at radius 3 is 2.18 bits per heavy atom. The molecular formula is C20H15ClFNO5. The van der Waals surface area contributed by atoms with Crippen molar-refractivity contribution >= 4 is 17.5 Å². The molecule has 8 heteroatoms. The van der Waals surface area contributed by atoms with Crippen molar-refractivity contribution in [1.29, 1.82) is 0 Å². The Morgan fingerprint density at radius 2 is 1.57 bits per heavy atom. The number of phenols is 3. The van der Waals surface area contributed by atoms with Gasteiger partial charge in [-0.3, -0.25) is 4.79 Å². The summed E-state index contributed by atoms with van der Waals surface area (Å²) in [7, 11) is 0. The standard InChI is InChI=1S/C20H15ClFNO5/c21-16-9-15(28-14-5-2-12(22)3-6-14)4-1-11(16)10-23-20(27)19-17(25)7-13(24)8-18(19)26/h1-9,24-26H,10H2,(H,23,27). The van der Waals surface area contributed by atoms with Crippen molar-refractivity contribution in [3.8, 4) is 28.7 Å². The fourth-order valence-corrected chi connectivity index (χ4v) is 2.70. The van der Waals surface area contributed by atoms with Crippen LogP contribution < -0.4 is 10.1 Å². The summed E-state index contributed by atoms with van der Waals surface area (Å²) in [4.78, 5) is 12.2. The third-order valence-electron chi connectivity index (χ3n) is 3.82. The monoisotopic (exact) mass is 403 g/mol. The maximum atomic E-state index is 12.9. The quantitative estimate of drug-likeness (QED) is 0.508. The van der Waals surface area contributed by atoms with Crippen LogP contribution in [0.1, 0.15) is 15.9 Å². The molecule has 0 radical (unpaired) electrons. The minimum atomic E-state index is -0.738. The lowest BCUT2D eigenvalue weighted by molar-refractivity contribution is 0.0945. The van der Waals surface area contributed by atoms with Gasteiger partial charge in [-0.1, -0.05) is 17.7 Å². The number of ether oxygens (including phenoxy) is 1. The molecule has 0 saturated heterocycles. The Bertz CT molecular complexity index is 1000. The van der Waals surface area contributed by atoms with Gasteiger partial charge >= 0.3 is 0 Å². The summed E-state index contributed by atoms with van der Waals surface area (Å²) in [6, 6.07) is 12.2. The topological polar surface area (TPSA) is 99.0 Å². The number of amides is 1. The van der Waals surface area contributed by atoms with Gasteiger partial charge in [0.2, 0.25) is 0 Å². The fraction of sp³-hybridized carbons (Fsp3) is 0.0500. The molecule has 0 bridgehead atoms. The summed E-state index contributed by atoms with van der Waals surface area (Å²) in [5.41, 5.74) is 0.212. The second kappa shape index (κ2) is 8.06. The number of phenolic OH excluding ortho intramolecular Hbond substituents is 3. The number of carbonyl (C=O) groups is 1. The molecule has 0 heterocycles. The minimum Gasteiger partial charge on any atom is -0.508 e. The molecule has 0 aliphatic heterocycles. The van der Waals surface area contributed by atoms with Gasteiger partial charge in [0, 0.05) is 23.7 Å². The highest BCUT2D eigenvalue weighted by Gasteiger charge is 2.18. The summed E-state index contributed by atoms with van der Waals surface area (Å²) < 4.78 is 18.5. The smallest absolute Gasteiger partial charge is 0.259 e. The summed E-state index contributed by atoms with van der Waals surface area (Å²) >= 11 is 6.21. The van der Waals surface area contributed by atoms with E-state index in [0.717, 1.165) is 12.1 Å². The number of halogens is 2. The van der Waals surface area contributed by atoms with E-state index in [0.29, 0.717) is 22.1 Å². The molecule has 3 aromatic carbocycles. The van der Waals surface area contributed by atoms with Crippen LogP contribution in [0, 0.1) is 5.82 Å². The molecular weight excluding hydrogens is 389 g/mol. The molecule has 3 rings (SSSR count). The van der Waals surface area contributed by atoms with E-state index in [2.05, 4.69) is 5.32 Å². The van der Waals surface area contributed by atoms with Gasteiger partial charge in [0.1, 0.15) is 40.1 Å². The van der Waals surface area contributed by atoms with Crippen LogP contribution in [-0.4, -0.2) is 21.2 Å². The highest BCUT2D eigenvalue weighted by molar-refractivity contribution is 6.31. The Morgan fingerprint density at radius 1 is 0.964 bits per heavy atom. The SMILES string of the molecule is O=C(NCc1ccc(Oc2ccc(F)cc2)cc1Cl)c1c(O)cc(O)cc1O. The molecule has 3 aromatic rings. The zero-order chi connectivity index (χ0) is 20.3. The Balaban J connectivity index is 1.68. The summed E-state index contributed by atoms with van der Waals surface area (Å²) in [5, 5.41) is 31.6. The Labute approximate surface area is 164 Å². The summed E-state index contributed by atoms with van der Waals surface area (Å²) in [6.45, 7) is 0.0221. The molecule has 0 saturated carbocycles. The van der Waals surface area contributed by atoms with Crippen LogP contribution >= 0.6 is 11.6 Å². The third kappa shape index (κ3) is 4.44. The van der Waals surface area contributed by atoms with Gasteiger partial charge < -0.3 is 25.4 Å². The minimum absolute atomic E-state index is 0.0221. The largest absolute Gasteiger partial charge is 0.508 e. The molecule has 0 aromatic heterocycles. The molecule has 0 unspecified atom stereocenters. The van der Waals surface area contributed by atoms with E-state index in [1.54, 1.807) is 18.2 Å². The van der Waals surface area contributed by atoms with Crippen molar-refractivity contribution in [2.45, 2.75) is 6.54 Å². The van der Waals surface area contributed by atoms with Crippen LogP contribution in [0.15, 0.2) is 54.6 Å². The highest BCUT2D eigenvalue weighted by atomic mass is 35.5. The van der Waals surface area contributed by atoms with Crippen molar-refractivity contribution < 1.29 is 29.2 Å². The molecule has 4 N–H and O–H groups in total. The molecule has 0 spiro atoms. The molecule has 0 aliphatic carbocycles. The van der Waals surface area contributed by atoms with Crippen molar-refractivity contribution in [3.63, 3.8) is 0 Å². The van der Waals surface area contributed by atoms with Crippen molar-refractivity contribution in [3.05, 3.63) is 76.6 Å². The van der Waals surface area contributed by atoms with Gasteiger partial charge in [-0.25, -0.2) is 4.39 Å². The highest BCUT2D eigenvalue weighted by Crippen LogP contribution is 2.32. The first-order valence-corrected chi connectivity index (χ1v) is 8.46. The van der Waals surface area contributed by atoms with Crippen LogP contribution in [0.4, 0.5) is 4.39 Å². The second-order valence-corrected chi connectivity index (χ2v) is 6.26. The summed E-state index contributed by atoms with van der Waals surface area (Å²) in [6.07, 6.45) is 0. The van der Waals surface area contributed by atoms with E-state index < -0.39 is 17.4 Å². The third-order valence-corrected chi connectivity index (χ3v) is 4.17. The lowest BCUT2D eigenvalue weighted by Crippen LogP contribution is -2.23. The average molecular weight is 404 g/mol. The van der Waals surface area contributed by atoms with E-state index in [1.165, 1.54) is 24.3 Å². The fourth-order valence-electron chi connectivity index (χ4n) is 2.47. The first-order chi connectivity index (χ1) is 13.3. The Hall–Kier alpha value is -3.45. The van der Waals surface area contributed by atoms with Gasteiger partial charge in [-0.15, -0.1) is 0 Å². The summed E-state index contributed by atoms with van der Waals surface area (Å²) in [5.74, 6) is -1.71. The predicted molar refractivity (Wildman–Crippen MR) is 101 cm³/mol. The molecule has 1 amide bonds. The molecule has 0 atom stereocenters. The van der Waals surface area contributed by atoms with Gasteiger partial charge in [0.25, 0.3) is 5.91 Å². The van der Waals surface area contributed by atoms with Crippen molar-refractivity contribution in [2.75, 3.05) is 0 Å². The number of hydrogen-bond donors (Lipinski definition) is 4. The first-order valence-electron chi connectivity index (χ1n) is 8.08. The second-order valence-electron chi connectivity index (χ2n) is 5.85. The predicted octanol–water partition coefficient (Wildman–Crippen LogP) is 4.32. The zero-order valence-corrected chi connectivity index (χ0v) is 15.1. The van der Waals surface area contributed by atoms with E-state index in [-0.39, 0.29) is 23.7 Å². The molecule has 28 heavy (non-hydrogen) atoms. The zero-order valence-electron chi connectivity index (χ0n) is 14.3. The number of aromatic hydroxyl groups is 3. The van der Waals surface area contributed by atoms with E-state index in [9.17, 15) is 24.5 Å². The number of hydrogen-bond acceptors (Lipinski definition) is 5. The molecule has 0 fully saturated rings. The van der Waals surface area contributed by atoms with Crippen LogP contribution in [0.3, 0.4) is 0 Å². The van der Waals surface area contributed by atoms with Crippen molar-refractivity contribution in [1.82, 2.24) is 5.32 Å². The number of benzene rings is 3. The van der Waals surface area contributed by atoms with E-state index in [1.807, 2.05) is 0 Å². The maximum Gasteiger partial charge on any atom is 0.259 e. The lowest BCUT2D eigenvalue weighted by atomic mass is 10.1.